The van der Waals surface area contributed by atoms with Crippen LogP contribution in [0.15, 0.2) is 12.4 Å². The molecule has 2 rings (SSSR count). The van der Waals surface area contributed by atoms with Gasteiger partial charge in [-0.1, -0.05) is 15.9 Å². The van der Waals surface area contributed by atoms with Crippen molar-refractivity contribution >= 4 is 27.4 Å². The average Bonchev–Trinajstić information content (AvgIpc) is 2.76. The molecule has 0 aliphatic rings. The number of nitrogens with zero attached hydrogens (tertiary/aromatic N) is 6. The molecule has 0 amide bonds. The van der Waals surface area contributed by atoms with E-state index in [-0.39, 0.29) is 4.83 Å². The Labute approximate surface area is 107 Å². The largest absolute Gasteiger partial charge is 0.383 e. The second kappa shape index (κ2) is 5.37. The predicted molar refractivity (Wildman–Crippen MR) is 66.4 cm³/mol. The molecule has 0 fully saturated rings. The quantitative estimate of drug-likeness (QED) is 0.743. The molecular formula is C9H13BrN6O. The van der Waals surface area contributed by atoms with E-state index in [1.54, 1.807) is 24.0 Å². The highest BCUT2D eigenvalue weighted by Crippen LogP contribution is 2.13. The van der Waals surface area contributed by atoms with E-state index >= 15 is 0 Å². The molecule has 7 nitrogen and oxygen atoms in total. The van der Waals surface area contributed by atoms with Gasteiger partial charge in [0.1, 0.15) is 0 Å². The van der Waals surface area contributed by atoms with Crippen LogP contribution in [-0.4, -0.2) is 57.2 Å². The van der Waals surface area contributed by atoms with Gasteiger partial charge in [-0.05, 0) is 10.4 Å². The van der Waals surface area contributed by atoms with Crippen LogP contribution in [0.2, 0.25) is 0 Å². The lowest BCUT2D eigenvalue weighted by Gasteiger charge is -2.21. The minimum absolute atomic E-state index is 0.240. The van der Waals surface area contributed by atoms with Gasteiger partial charge in [-0.2, -0.15) is 4.52 Å². The highest BCUT2D eigenvalue weighted by Gasteiger charge is 2.12. The average molecular weight is 301 g/mol. The van der Waals surface area contributed by atoms with E-state index in [1.807, 2.05) is 11.9 Å². The maximum Gasteiger partial charge on any atom is 0.199 e. The van der Waals surface area contributed by atoms with Crippen molar-refractivity contribution in [2.24, 2.45) is 0 Å². The van der Waals surface area contributed by atoms with Crippen molar-refractivity contribution in [3.63, 3.8) is 0 Å². The molecule has 0 saturated heterocycles. The Kier molecular flexibility index (Phi) is 3.85. The highest BCUT2D eigenvalue weighted by molar-refractivity contribution is 9.09. The van der Waals surface area contributed by atoms with Gasteiger partial charge in [-0.15, -0.1) is 5.10 Å². The van der Waals surface area contributed by atoms with E-state index in [0.717, 1.165) is 12.4 Å². The SMILES string of the molecule is COCC(Br)CN(C)c1cncc2nnnn12. The van der Waals surface area contributed by atoms with E-state index in [4.69, 9.17) is 4.74 Å². The van der Waals surface area contributed by atoms with Crippen LogP contribution >= 0.6 is 15.9 Å². The second-order valence-electron chi connectivity index (χ2n) is 3.65. The Morgan fingerprint density at radius 1 is 1.53 bits per heavy atom. The number of ether oxygens (including phenoxy) is 1. The van der Waals surface area contributed by atoms with E-state index in [0.29, 0.717) is 12.3 Å². The molecule has 2 aromatic rings. The summed E-state index contributed by atoms with van der Waals surface area (Å²) in [4.78, 5) is 6.37. The third-order valence-corrected chi connectivity index (χ3v) is 2.86. The van der Waals surface area contributed by atoms with Crippen LogP contribution in [0.5, 0.6) is 0 Å². The summed E-state index contributed by atoms with van der Waals surface area (Å²) in [5, 5.41) is 11.4. The van der Waals surface area contributed by atoms with Gasteiger partial charge in [0, 0.05) is 20.7 Å². The number of halogens is 1. The normalized spacial score (nSPS) is 12.9. The lowest BCUT2D eigenvalue weighted by molar-refractivity contribution is 0.201. The first-order valence-electron chi connectivity index (χ1n) is 5.08. The molecule has 0 aliphatic carbocycles. The van der Waals surface area contributed by atoms with Crippen LogP contribution in [0.3, 0.4) is 0 Å². The Bertz CT molecular complexity index is 489. The molecule has 17 heavy (non-hydrogen) atoms. The lowest BCUT2D eigenvalue weighted by Crippen LogP contribution is -2.29. The van der Waals surface area contributed by atoms with Crippen molar-refractivity contribution in [2.75, 3.05) is 32.2 Å². The summed E-state index contributed by atoms with van der Waals surface area (Å²) >= 11 is 3.54. The van der Waals surface area contributed by atoms with Crippen LogP contribution in [-0.2, 0) is 4.74 Å². The fraction of sp³-hybridized carbons (Fsp3) is 0.556. The van der Waals surface area contributed by atoms with Gasteiger partial charge in [0.05, 0.1) is 23.8 Å². The van der Waals surface area contributed by atoms with E-state index in [1.165, 1.54) is 0 Å². The molecular weight excluding hydrogens is 288 g/mol. The number of alkyl halides is 1. The zero-order valence-electron chi connectivity index (χ0n) is 9.62. The molecule has 0 radical (unpaired) electrons. The van der Waals surface area contributed by atoms with Gasteiger partial charge < -0.3 is 9.64 Å². The summed E-state index contributed by atoms with van der Waals surface area (Å²) in [6.45, 7) is 1.41. The molecule has 1 unspecified atom stereocenters. The Balaban J connectivity index is 2.18. The van der Waals surface area contributed by atoms with Crippen molar-refractivity contribution in [3.8, 4) is 0 Å². The summed E-state index contributed by atoms with van der Waals surface area (Å²) in [6.07, 6.45) is 3.36. The summed E-state index contributed by atoms with van der Waals surface area (Å²) in [6, 6.07) is 0. The number of anilines is 1. The summed E-state index contributed by atoms with van der Waals surface area (Å²) in [5.74, 6) is 0.841. The number of methoxy groups -OCH3 is 1. The first-order chi connectivity index (χ1) is 8.22. The van der Waals surface area contributed by atoms with Crippen LogP contribution < -0.4 is 4.90 Å². The monoisotopic (exact) mass is 300 g/mol. The highest BCUT2D eigenvalue weighted by atomic mass is 79.9. The number of fused-ring (bicyclic) bond motifs is 1. The van der Waals surface area contributed by atoms with Crippen molar-refractivity contribution in [3.05, 3.63) is 12.4 Å². The molecule has 8 heteroatoms. The van der Waals surface area contributed by atoms with E-state index in [9.17, 15) is 0 Å². The lowest BCUT2D eigenvalue weighted by atomic mass is 10.4. The topological polar surface area (TPSA) is 68.4 Å². The molecule has 0 bridgehead atoms. The fourth-order valence-electron chi connectivity index (χ4n) is 1.55. The number of tetrazole rings is 1. The van der Waals surface area contributed by atoms with E-state index < -0.39 is 0 Å². The zero-order valence-corrected chi connectivity index (χ0v) is 11.2. The molecule has 0 saturated carbocycles. The second-order valence-corrected chi connectivity index (χ2v) is 4.94. The van der Waals surface area contributed by atoms with Crippen LogP contribution in [0.1, 0.15) is 0 Å². The standard InChI is InChI=1S/C9H13BrN6O/c1-15(5-7(10)6-17-2)9-4-11-3-8-12-13-14-16(8)9/h3-4,7H,5-6H2,1-2H3. The van der Waals surface area contributed by atoms with Crippen molar-refractivity contribution in [1.29, 1.82) is 0 Å². The molecule has 1 atom stereocenters. The van der Waals surface area contributed by atoms with Crippen LogP contribution in [0.4, 0.5) is 5.82 Å². The van der Waals surface area contributed by atoms with Gasteiger partial charge in [0.2, 0.25) is 0 Å². The zero-order chi connectivity index (χ0) is 12.3. The predicted octanol–water partition coefficient (Wildman–Crippen LogP) is 0.365. The number of hydrogen-bond donors (Lipinski definition) is 0. The molecule has 0 aromatic carbocycles. The first-order valence-corrected chi connectivity index (χ1v) is 6.00. The minimum Gasteiger partial charge on any atom is -0.383 e. The molecule has 0 aliphatic heterocycles. The maximum atomic E-state index is 5.08. The Morgan fingerprint density at radius 3 is 3.12 bits per heavy atom. The first kappa shape index (κ1) is 12.2. The third-order valence-electron chi connectivity index (χ3n) is 2.30. The summed E-state index contributed by atoms with van der Waals surface area (Å²) < 4.78 is 6.73. The van der Waals surface area contributed by atoms with Gasteiger partial charge in [0.15, 0.2) is 11.5 Å². The van der Waals surface area contributed by atoms with Crippen LogP contribution in [0.25, 0.3) is 5.65 Å². The fourth-order valence-corrected chi connectivity index (χ4v) is 2.25. The maximum absolute atomic E-state index is 5.08. The van der Waals surface area contributed by atoms with Gasteiger partial charge >= 0.3 is 0 Å². The van der Waals surface area contributed by atoms with Gasteiger partial charge in [-0.3, -0.25) is 4.98 Å². The Hall–Kier alpha value is -1.28. The van der Waals surface area contributed by atoms with E-state index in [2.05, 4.69) is 36.4 Å². The Morgan fingerprint density at radius 2 is 2.35 bits per heavy atom. The van der Waals surface area contributed by atoms with Crippen LogP contribution in [0, 0.1) is 0 Å². The number of hydrogen-bond acceptors (Lipinski definition) is 6. The smallest absolute Gasteiger partial charge is 0.199 e. The van der Waals surface area contributed by atoms with Gasteiger partial charge in [-0.25, -0.2) is 0 Å². The van der Waals surface area contributed by atoms with Crippen molar-refractivity contribution in [1.82, 2.24) is 25.0 Å². The molecule has 0 spiro atoms. The molecule has 92 valence electrons. The summed E-state index contributed by atoms with van der Waals surface area (Å²) in [5.41, 5.74) is 0.632. The summed E-state index contributed by atoms with van der Waals surface area (Å²) in [7, 11) is 3.64. The molecule has 2 aromatic heterocycles. The van der Waals surface area contributed by atoms with Crippen molar-refractivity contribution in [2.45, 2.75) is 4.83 Å². The molecule has 0 N–H and O–H groups in total. The third kappa shape index (κ3) is 2.70. The molecule has 2 heterocycles. The number of aromatic nitrogens is 5. The van der Waals surface area contributed by atoms with Gasteiger partial charge in [0.25, 0.3) is 0 Å². The number of rotatable bonds is 5. The van der Waals surface area contributed by atoms with Crippen molar-refractivity contribution < 1.29 is 4.74 Å². The minimum atomic E-state index is 0.240.